The van der Waals surface area contributed by atoms with Crippen LogP contribution in [0.3, 0.4) is 0 Å². The monoisotopic (exact) mass is 324 g/mol. The summed E-state index contributed by atoms with van der Waals surface area (Å²) in [4.78, 5) is 11.2. The van der Waals surface area contributed by atoms with Crippen LogP contribution in [0.15, 0.2) is 72.4 Å². The van der Waals surface area contributed by atoms with Crippen LogP contribution in [-0.2, 0) is 4.79 Å². The van der Waals surface area contributed by atoms with E-state index in [9.17, 15) is 10.0 Å². The van der Waals surface area contributed by atoms with Gasteiger partial charge in [0, 0.05) is 6.42 Å². The highest BCUT2D eigenvalue weighted by atomic mass is 16.6. The van der Waals surface area contributed by atoms with E-state index in [0.717, 1.165) is 16.4 Å². The Morgan fingerprint density at radius 2 is 1.67 bits per heavy atom. The van der Waals surface area contributed by atoms with Gasteiger partial charge >= 0.3 is 5.97 Å². The molecule has 0 bridgehead atoms. The number of nitrogens with zero attached hydrogens (tertiary/aromatic N) is 2. The van der Waals surface area contributed by atoms with E-state index < -0.39 is 11.9 Å². The van der Waals surface area contributed by atoms with Crippen molar-refractivity contribution >= 4 is 11.7 Å². The van der Waals surface area contributed by atoms with Gasteiger partial charge in [-0.3, -0.25) is 15.0 Å². The van der Waals surface area contributed by atoms with E-state index in [1.165, 1.54) is 0 Å². The molecule has 2 atom stereocenters. The highest BCUT2D eigenvalue weighted by Crippen LogP contribution is 2.38. The average molecular weight is 324 g/mol. The molecular formula is C19H20N2O3. The highest BCUT2D eigenvalue weighted by Gasteiger charge is 2.34. The first-order chi connectivity index (χ1) is 11.6. The molecule has 0 aliphatic carbocycles. The van der Waals surface area contributed by atoms with Crippen molar-refractivity contribution < 1.29 is 15.1 Å². The minimum atomic E-state index is -0.876. The number of aliphatic carboxylic acids is 1. The lowest BCUT2D eigenvalue weighted by Gasteiger charge is -2.33. The summed E-state index contributed by atoms with van der Waals surface area (Å²) in [7, 11) is 0. The number of benzene rings is 2. The number of allylic oxidation sites excluding steroid dienone is 1. The second-order valence-corrected chi connectivity index (χ2v) is 5.93. The lowest BCUT2D eigenvalue weighted by Crippen LogP contribution is -2.37. The van der Waals surface area contributed by atoms with E-state index in [1.54, 1.807) is 11.9 Å². The molecule has 1 aliphatic heterocycles. The maximum Gasteiger partial charge on any atom is 0.306 e. The van der Waals surface area contributed by atoms with Gasteiger partial charge in [0.15, 0.2) is 0 Å². The maximum absolute atomic E-state index is 11.2. The van der Waals surface area contributed by atoms with Gasteiger partial charge < -0.3 is 5.11 Å². The zero-order valence-electron chi connectivity index (χ0n) is 13.4. The van der Waals surface area contributed by atoms with Gasteiger partial charge in [-0.05, 0) is 23.8 Å². The summed E-state index contributed by atoms with van der Waals surface area (Å²) in [5.74, 6) is -1.45. The van der Waals surface area contributed by atoms with Crippen LogP contribution in [0.1, 0.15) is 24.9 Å². The SMILES string of the molecule is CC(CC1=CC(c2ccccc2)N(c2ccccc2)N1O)C(=O)O. The molecule has 2 unspecified atom stereocenters. The molecule has 5 heteroatoms. The minimum absolute atomic E-state index is 0.186. The first kappa shape index (κ1) is 16.1. The number of anilines is 1. The summed E-state index contributed by atoms with van der Waals surface area (Å²) in [5, 5.41) is 22.7. The van der Waals surface area contributed by atoms with E-state index in [4.69, 9.17) is 5.11 Å². The van der Waals surface area contributed by atoms with E-state index in [-0.39, 0.29) is 12.5 Å². The number of hydrogen-bond acceptors (Lipinski definition) is 4. The summed E-state index contributed by atoms with van der Waals surface area (Å²) < 4.78 is 0. The molecule has 2 aromatic carbocycles. The molecule has 5 nitrogen and oxygen atoms in total. The lowest BCUT2D eigenvalue weighted by atomic mass is 10.0. The fraction of sp³-hybridized carbons (Fsp3) is 0.211. The summed E-state index contributed by atoms with van der Waals surface area (Å²) in [6.45, 7) is 1.64. The number of hydrogen-bond donors (Lipinski definition) is 2. The van der Waals surface area contributed by atoms with Gasteiger partial charge in [-0.25, -0.2) is 0 Å². The van der Waals surface area contributed by atoms with Gasteiger partial charge in [0.1, 0.15) is 0 Å². The maximum atomic E-state index is 11.2. The molecule has 2 aromatic rings. The molecule has 1 aliphatic rings. The van der Waals surface area contributed by atoms with Crippen molar-refractivity contribution in [2.45, 2.75) is 19.4 Å². The molecule has 0 spiro atoms. The summed E-state index contributed by atoms with van der Waals surface area (Å²) in [6.07, 6.45) is 2.18. The molecule has 1 heterocycles. The van der Waals surface area contributed by atoms with Crippen LogP contribution in [0.5, 0.6) is 0 Å². The Kier molecular flexibility index (Phi) is 4.53. The smallest absolute Gasteiger partial charge is 0.306 e. The normalized spacial score (nSPS) is 18.4. The van der Waals surface area contributed by atoms with Gasteiger partial charge in [0.05, 0.1) is 23.3 Å². The third-order valence-electron chi connectivity index (χ3n) is 4.17. The Labute approximate surface area is 141 Å². The van der Waals surface area contributed by atoms with Crippen molar-refractivity contribution in [1.29, 1.82) is 0 Å². The number of carbonyl (C=O) groups is 1. The van der Waals surface area contributed by atoms with Crippen LogP contribution >= 0.6 is 0 Å². The predicted octanol–water partition coefficient (Wildman–Crippen LogP) is 3.85. The first-order valence-corrected chi connectivity index (χ1v) is 7.89. The number of carboxylic acids is 1. The molecule has 0 saturated heterocycles. The van der Waals surface area contributed by atoms with Crippen LogP contribution in [0.2, 0.25) is 0 Å². The van der Waals surface area contributed by atoms with Crippen molar-refractivity contribution in [2.75, 3.05) is 5.01 Å². The van der Waals surface area contributed by atoms with Crippen molar-refractivity contribution in [3.63, 3.8) is 0 Å². The lowest BCUT2D eigenvalue weighted by molar-refractivity contribution is -0.141. The van der Waals surface area contributed by atoms with Crippen LogP contribution in [0, 0.1) is 5.92 Å². The number of para-hydroxylation sites is 1. The second-order valence-electron chi connectivity index (χ2n) is 5.93. The fourth-order valence-corrected chi connectivity index (χ4v) is 2.86. The molecule has 0 aromatic heterocycles. The van der Waals surface area contributed by atoms with Crippen LogP contribution in [0.4, 0.5) is 5.69 Å². The molecule has 2 N–H and O–H groups in total. The molecule has 0 amide bonds. The predicted molar refractivity (Wildman–Crippen MR) is 91.2 cm³/mol. The minimum Gasteiger partial charge on any atom is -0.481 e. The molecule has 0 fully saturated rings. The quantitative estimate of drug-likeness (QED) is 0.874. The number of hydroxylamine groups is 1. The van der Waals surface area contributed by atoms with E-state index in [0.29, 0.717) is 5.70 Å². The van der Waals surface area contributed by atoms with Gasteiger partial charge in [0.2, 0.25) is 0 Å². The van der Waals surface area contributed by atoms with Crippen molar-refractivity contribution in [3.05, 3.63) is 78.0 Å². The topological polar surface area (TPSA) is 64.0 Å². The molecule has 24 heavy (non-hydrogen) atoms. The third kappa shape index (κ3) is 3.12. The van der Waals surface area contributed by atoms with Crippen molar-refractivity contribution in [3.8, 4) is 0 Å². The zero-order chi connectivity index (χ0) is 17.1. The molecule has 0 radical (unpaired) electrons. The van der Waals surface area contributed by atoms with Crippen molar-refractivity contribution in [1.82, 2.24) is 5.17 Å². The van der Waals surface area contributed by atoms with E-state index >= 15 is 0 Å². The van der Waals surface area contributed by atoms with Gasteiger partial charge in [0.25, 0.3) is 0 Å². The number of hydrazine groups is 1. The van der Waals surface area contributed by atoms with Gasteiger partial charge in [-0.15, -0.1) is 0 Å². The van der Waals surface area contributed by atoms with Crippen LogP contribution in [0.25, 0.3) is 0 Å². The van der Waals surface area contributed by atoms with E-state index in [1.807, 2.05) is 66.7 Å². The molecular weight excluding hydrogens is 304 g/mol. The summed E-state index contributed by atoms with van der Waals surface area (Å²) >= 11 is 0. The van der Waals surface area contributed by atoms with Gasteiger partial charge in [-0.2, -0.15) is 5.17 Å². The van der Waals surface area contributed by atoms with Crippen molar-refractivity contribution in [2.24, 2.45) is 5.92 Å². The molecule has 124 valence electrons. The van der Waals surface area contributed by atoms with Gasteiger partial charge in [-0.1, -0.05) is 55.5 Å². The van der Waals surface area contributed by atoms with Crippen LogP contribution in [-0.4, -0.2) is 21.5 Å². The molecule has 0 saturated carbocycles. The standard InChI is InChI=1S/C19H20N2O3/c1-14(19(22)23)12-17-13-18(15-8-4-2-5-9-15)20(21(17)24)16-10-6-3-7-11-16/h2-11,13-14,18,24H,12H2,1H3,(H,22,23). The zero-order valence-corrected chi connectivity index (χ0v) is 13.4. The molecule has 3 rings (SSSR count). The fourth-order valence-electron chi connectivity index (χ4n) is 2.86. The highest BCUT2D eigenvalue weighted by molar-refractivity contribution is 5.70. The largest absolute Gasteiger partial charge is 0.481 e. The van der Waals surface area contributed by atoms with Crippen LogP contribution < -0.4 is 5.01 Å². The third-order valence-corrected chi connectivity index (χ3v) is 4.17. The Bertz CT molecular complexity index is 731. The summed E-state index contributed by atoms with van der Waals surface area (Å²) in [5.41, 5.74) is 2.45. The Morgan fingerprint density at radius 1 is 1.08 bits per heavy atom. The number of carboxylic acid groups (broad SMARTS) is 1. The first-order valence-electron chi connectivity index (χ1n) is 7.89. The Morgan fingerprint density at radius 3 is 2.25 bits per heavy atom. The van der Waals surface area contributed by atoms with E-state index in [2.05, 4.69) is 0 Å². The number of rotatable bonds is 5. The Hall–Kier alpha value is -2.79. The second kappa shape index (κ2) is 6.76. The average Bonchev–Trinajstić information content (AvgIpc) is 2.93. The summed E-state index contributed by atoms with van der Waals surface area (Å²) in [6, 6.07) is 19.2. The Balaban J connectivity index is 1.97.